The van der Waals surface area contributed by atoms with E-state index in [1.54, 1.807) is 0 Å². The van der Waals surface area contributed by atoms with Crippen molar-refractivity contribution in [2.24, 2.45) is 0 Å². The van der Waals surface area contributed by atoms with E-state index in [-0.39, 0.29) is 6.10 Å². The Balaban J connectivity index is 2.63. The lowest BCUT2D eigenvalue weighted by atomic mass is 9.77. The summed E-state index contributed by atoms with van der Waals surface area (Å²) in [5.74, 6) is 0.611. The van der Waals surface area contributed by atoms with Gasteiger partial charge in [0.15, 0.2) is 0 Å². The standard InChI is InChI=1S/C15H22O/c1-4-11-7-8-12(5-2)15-13(16)9-6-10(3)14(11)15/h7-8,10,13,16H,4-6,9H2,1-3H3/t10?,13-/m1/s1. The second kappa shape index (κ2) is 4.58. The smallest absolute Gasteiger partial charge is 0.0795 e. The first-order valence-electron chi connectivity index (χ1n) is 6.51. The van der Waals surface area contributed by atoms with Gasteiger partial charge in [-0.15, -0.1) is 0 Å². The fraction of sp³-hybridized carbons (Fsp3) is 0.600. The summed E-state index contributed by atoms with van der Waals surface area (Å²) in [6, 6.07) is 4.46. The molecule has 1 aromatic rings. The van der Waals surface area contributed by atoms with Gasteiger partial charge in [0.2, 0.25) is 0 Å². The summed E-state index contributed by atoms with van der Waals surface area (Å²) in [5.41, 5.74) is 5.46. The van der Waals surface area contributed by atoms with E-state index in [9.17, 15) is 5.11 Å². The second-order valence-corrected chi connectivity index (χ2v) is 4.91. The Morgan fingerprint density at radius 2 is 1.62 bits per heavy atom. The third-order valence-corrected chi connectivity index (χ3v) is 3.93. The molecule has 0 spiro atoms. The van der Waals surface area contributed by atoms with Crippen LogP contribution >= 0.6 is 0 Å². The highest BCUT2D eigenvalue weighted by Gasteiger charge is 2.27. The van der Waals surface area contributed by atoms with E-state index < -0.39 is 0 Å². The summed E-state index contributed by atoms with van der Waals surface area (Å²) in [7, 11) is 0. The molecule has 0 heterocycles. The maximum absolute atomic E-state index is 10.2. The van der Waals surface area contributed by atoms with Gasteiger partial charge in [-0.2, -0.15) is 0 Å². The van der Waals surface area contributed by atoms with Crippen molar-refractivity contribution in [3.63, 3.8) is 0 Å². The summed E-state index contributed by atoms with van der Waals surface area (Å²) in [4.78, 5) is 0. The number of aryl methyl sites for hydroxylation is 2. The van der Waals surface area contributed by atoms with Gasteiger partial charge in [-0.05, 0) is 53.9 Å². The predicted molar refractivity (Wildman–Crippen MR) is 67.8 cm³/mol. The lowest BCUT2D eigenvalue weighted by molar-refractivity contribution is 0.150. The third-order valence-electron chi connectivity index (χ3n) is 3.93. The molecule has 1 aliphatic rings. The Morgan fingerprint density at radius 1 is 1.06 bits per heavy atom. The molecule has 0 fully saturated rings. The maximum Gasteiger partial charge on any atom is 0.0795 e. The van der Waals surface area contributed by atoms with E-state index in [1.165, 1.54) is 22.3 Å². The minimum absolute atomic E-state index is 0.229. The van der Waals surface area contributed by atoms with Crippen molar-refractivity contribution in [2.45, 2.75) is 58.5 Å². The van der Waals surface area contributed by atoms with Crippen LogP contribution < -0.4 is 0 Å². The minimum Gasteiger partial charge on any atom is -0.388 e. The van der Waals surface area contributed by atoms with Crippen molar-refractivity contribution in [3.05, 3.63) is 34.4 Å². The summed E-state index contributed by atoms with van der Waals surface area (Å²) >= 11 is 0. The molecule has 2 rings (SSSR count). The molecule has 1 nitrogen and oxygen atoms in total. The zero-order valence-corrected chi connectivity index (χ0v) is 10.6. The van der Waals surface area contributed by atoms with Gasteiger partial charge in [0.25, 0.3) is 0 Å². The minimum atomic E-state index is -0.229. The molecule has 1 aromatic carbocycles. The van der Waals surface area contributed by atoms with Crippen LogP contribution in [-0.2, 0) is 12.8 Å². The van der Waals surface area contributed by atoms with Crippen molar-refractivity contribution < 1.29 is 5.11 Å². The van der Waals surface area contributed by atoms with Gasteiger partial charge in [-0.3, -0.25) is 0 Å². The first-order chi connectivity index (χ1) is 7.69. The first kappa shape index (κ1) is 11.7. The zero-order valence-electron chi connectivity index (χ0n) is 10.6. The van der Waals surface area contributed by atoms with Gasteiger partial charge in [0, 0.05) is 0 Å². The van der Waals surface area contributed by atoms with Crippen molar-refractivity contribution in [1.29, 1.82) is 0 Å². The average Bonchev–Trinajstić information content (AvgIpc) is 2.32. The van der Waals surface area contributed by atoms with Gasteiger partial charge < -0.3 is 5.11 Å². The number of fused-ring (bicyclic) bond motifs is 1. The highest BCUT2D eigenvalue weighted by molar-refractivity contribution is 5.46. The van der Waals surface area contributed by atoms with E-state index in [1.807, 2.05) is 0 Å². The van der Waals surface area contributed by atoms with E-state index >= 15 is 0 Å². The molecule has 88 valence electrons. The molecule has 0 amide bonds. The first-order valence-corrected chi connectivity index (χ1v) is 6.51. The topological polar surface area (TPSA) is 20.2 Å². The molecule has 1 unspecified atom stereocenters. The molecular weight excluding hydrogens is 196 g/mol. The van der Waals surface area contributed by atoms with E-state index in [0.29, 0.717) is 5.92 Å². The van der Waals surface area contributed by atoms with Crippen LogP contribution in [0.3, 0.4) is 0 Å². The molecule has 1 aliphatic carbocycles. The SMILES string of the molecule is CCc1ccc(CC)c2c1C(C)CC[C@H]2O. The van der Waals surface area contributed by atoms with Crippen LogP contribution in [0.15, 0.2) is 12.1 Å². The fourth-order valence-corrected chi connectivity index (χ4v) is 3.02. The lowest BCUT2D eigenvalue weighted by Gasteiger charge is -2.31. The number of hydrogen-bond donors (Lipinski definition) is 1. The lowest BCUT2D eigenvalue weighted by Crippen LogP contribution is -2.17. The van der Waals surface area contributed by atoms with Gasteiger partial charge >= 0.3 is 0 Å². The van der Waals surface area contributed by atoms with Crippen LogP contribution in [0.25, 0.3) is 0 Å². The third kappa shape index (κ3) is 1.78. The molecule has 0 bridgehead atoms. The van der Waals surface area contributed by atoms with Gasteiger partial charge in [0.1, 0.15) is 0 Å². The molecule has 2 atom stereocenters. The number of benzene rings is 1. The monoisotopic (exact) mass is 218 g/mol. The quantitative estimate of drug-likeness (QED) is 0.801. The summed E-state index contributed by atoms with van der Waals surface area (Å²) in [5, 5.41) is 10.2. The Bertz CT molecular complexity index is 344. The molecule has 0 radical (unpaired) electrons. The summed E-state index contributed by atoms with van der Waals surface area (Å²) < 4.78 is 0. The van der Waals surface area contributed by atoms with Crippen LogP contribution in [0.5, 0.6) is 0 Å². The number of aliphatic hydroxyl groups is 1. The molecule has 0 saturated carbocycles. The molecule has 1 N–H and O–H groups in total. The Hall–Kier alpha value is -0.820. The summed E-state index contributed by atoms with van der Waals surface area (Å²) in [6.45, 7) is 6.67. The summed E-state index contributed by atoms with van der Waals surface area (Å²) in [6.07, 6.45) is 3.91. The van der Waals surface area contributed by atoms with Crippen LogP contribution in [0, 0.1) is 0 Å². The largest absolute Gasteiger partial charge is 0.388 e. The van der Waals surface area contributed by atoms with Crippen molar-refractivity contribution in [3.8, 4) is 0 Å². The highest BCUT2D eigenvalue weighted by Crippen LogP contribution is 2.41. The Morgan fingerprint density at radius 3 is 2.19 bits per heavy atom. The predicted octanol–water partition coefficient (Wildman–Crippen LogP) is 3.74. The molecule has 0 aromatic heterocycles. The van der Waals surface area contributed by atoms with Crippen molar-refractivity contribution >= 4 is 0 Å². The van der Waals surface area contributed by atoms with Crippen LogP contribution in [0.1, 0.15) is 67.9 Å². The van der Waals surface area contributed by atoms with Gasteiger partial charge in [-0.1, -0.05) is 32.9 Å². The van der Waals surface area contributed by atoms with Crippen LogP contribution in [0.2, 0.25) is 0 Å². The Kier molecular flexibility index (Phi) is 3.34. The molecule has 0 aliphatic heterocycles. The van der Waals surface area contributed by atoms with E-state index in [4.69, 9.17) is 0 Å². The number of hydrogen-bond acceptors (Lipinski definition) is 1. The molecule has 16 heavy (non-hydrogen) atoms. The van der Waals surface area contributed by atoms with E-state index in [0.717, 1.165) is 25.7 Å². The van der Waals surface area contributed by atoms with E-state index in [2.05, 4.69) is 32.9 Å². The second-order valence-electron chi connectivity index (χ2n) is 4.91. The number of rotatable bonds is 2. The fourth-order valence-electron chi connectivity index (χ4n) is 3.02. The number of aliphatic hydroxyl groups excluding tert-OH is 1. The maximum atomic E-state index is 10.2. The Labute approximate surface area is 98.5 Å². The average molecular weight is 218 g/mol. The zero-order chi connectivity index (χ0) is 11.7. The highest BCUT2D eigenvalue weighted by atomic mass is 16.3. The van der Waals surface area contributed by atoms with Crippen molar-refractivity contribution in [2.75, 3.05) is 0 Å². The van der Waals surface area contributed by atoms with Crippen molar-refractivity contribution in [1.82, 2.24) is 0 Å². The van der Waals surface area contributed by atoms with Gasteiger partial charge in [0.05, 0.1) is 6.10 Å². The van der Waals surface area contributed by atoms with Gasteiger partial charge in [-0.25, -0.2) is 0 Å². The molecule has 0 saturated heterocycles. The molecule has 1 heteroatoms. The van der Waals surface area contributed by atoms with Crippen LogP contribution in [-0.4, -0.2) is 5.11 Å². The van der Waals surface area contributed by atoms with Crippen LogP contribution in [0.4, 0.5) is 0 Å². The molecular formula is C15H22O. The normalized spacial score (nSPS) is 24.2.